The molecule has 6 rings (SSSR count). The molecule has 0 saturated carbocycles. The van der Waals surface area contributed by atoms with Crippen molar-refractivity contribution < 1.29 is 9.47 Å². The molecule has 34 heavy (non-hydrogen) atoms. The van der Waals surface area contributed by atoms with Crippen LogP contribution in [0.25, 0.3) is 22.1 Å². The van der Waals surface area contributed by atoms with Crippen molar-refractivity contribution in [1.82, 2.24) is 24.5 Å². The van der Waals surface area contributed by atoms with Crippen molar-refractivity contribution in [3.8, 4) is 0 Å². The maximum atomic E-state index is 6.33. The largest absolute Gasteiger partial charge is 0.382 e. The standard InChI is InChI=1S/C24H22Cl2N6O2/c1-24(2)33-19-13(4-3-12-7-17-16(28-10-12)9-15(25)22(27)31-17)8-18(20(19)34-24)32-6-5-14-21(26)29-11-30-23(14)32/h5-11,18-20H,3-4H2,1-2H3,(H2,27,31)/t18-,19-,20+/m1/s1. The lowest BCUT2D eigenvalue weighted by molar-refractivity contribution is -0.147. The molecule has 0 bridgehead atoms. The van der Waals surface area contributed by atoms with Crippen LogP contribution in [-0.2, 0) is 15.9 Å². The zero-order valence-electron chi connectivity index (χ0n) is 18.6. The average Bonchev–Trinajstić information content (AvgIpc) is 3.45. The van der Waals surface area contributed by atoms with Crippen molar-refractivity contribution in [1.29, 1.82) is 0 Å². The molecule has 8 nitrogen and oxygen atoms in total. The summed E-state index contributed by atoms with van der Waals surface area (Å²) in [4.78, 5) is 17.4. The minimum absolute atomic E-state index is 0.0661. The fraction of sp³-hybridized carbons (Fsp3) is 0.333. The summed E-state index contributed by atoms with van der Waals surface area (Å²) in [5, 5.41) is 1.66. The van der Waals surface area contributed by atoms with Gasteiger partial charge in [-0.15, -0.1) is 0 Å². The van der Waals surface area contributed by atoms with Gasteiger partial charge in [-0.05, 0) is 56.0 Å². The molecule has 4 aromatic rings. The third-order valence-corrected chi connectivity index (χ3v) is 7.01. The van der Waals surface area contributed by atoms with Gasteiger partial charge in [-0.3, -0.25) is 4.98 Å². The first-order chi connectivity index (χ1) is 16.3. The number of aromatic nitrogens is 5. The summed E-state index contributed by atoms with van der Waals surface area (Å²) in [6.07, 6.45) is 8.81. The Morgan fingerprint density at radius 1 is 1.09 bits per heavy atom. The number of hydrogen-bond acceptors (Lipinski definition) is 7. The number of rotatable bonds is 4. The molecular formula is C24H22Cl2N6O2. The van der Waals surface area contributed by atoms with Gasteiger partial charge in [-0.1, -0.05) is 29.3 Å². The molecule has 0 radical (unpaired) electrons. The molecule has 1 fully saturated rings. The van der Waals surface area contributed by atoms with E-state index in [1.807, 2.05) is 38.4 Å². The molecule has 2 aliphatic rings. The molecular weight excluding hydrogens is 475 g/mol. The van der Waals surface area contributed by atoms with Gasteiger partial charge in [0, 0.05) is 12.4 Å². The van der Waals surface area contributed by atoms with Gasteiger partial charge in [0.05, 0.1) is 27.5 Å². The second-order valence-electron chi connectivity index (χ2n) is 9.11. The van der Waals surface area contributed by atoms with Crippen LogP contribution in [0.3, 0.4) is 0 Å². The Kier molecular flexibility index (Phi) is 5.04. The maximum Gasteiger partial charge on any atom is 0.164 e. The van der Waals surface area contributed by atoms with Gasteiger partial charge in [0.1, 0.15) is 35.2 Å². The Labute approximate surface area is 205 Å². The first kappa shape index (κ1) is 21.7. The molecule has 1 aliphatic carbocycles. The lowest BCUT2D eigenvalue weighted by atomic mass is 10.0. The second kappa shape index (κ2) is 7.88. The van der Waals surface area contributed by atoms with E-state index in [0.29, 0.717) is 16.0 Å². The molecule has 2 N–H and O–H groups in total. The summed E-state index contributed by atoms with van der Waals surface area (Å²) in [5.41, 5.74) is 10.3. The Morgan fingerprint density at radius 2 is 1.94 bits per heavy atom. The van der Waals surface area contributed by atoms with E-state index in [-0.39, 0.29) is 18.2 Å². The molecule has 10 heteroatoms. The predicted octanol–water partition coefficient (Wildman–Crippen LogP) is 4.90. The van der Waals surface area contributed by atoms with Gasteiger partial charge in [0.2, 0.25) is 0 Å². The predicted molar refractivity (Wildman–Crippen MR) is 131 cm³/mol. The Morgan fingerprint density at radius 3 is 2.79 bits per heavy atom. The van der Waals surface area contributed by atoms with Gasteiger partial charge in [-0.25, -0.2) is 15.0 Å². The van der Waals surface area contributed by atoms with Gasteiger partial charge >= 0.3 is 0 Å². The van der Waals surface area contributed by atoms with Crippen LogP contribution in [0, 0.1) is 0 Å². The van der Waals surface area contributed by atoms with Crippen molar-refractivity contribution in [2.75, 3.05) is 5.73 Å². The SMILES string of the molecule is CC1(C)O[C@@H]2[C@H](O1)C(CCc1cnc3cc(Cl)c(N)nc3c1)=C[C@H]2n1ccc2c(Cl)ncnc21. The first-order valence-electron chi connectivity index (χ1n) is 11.0. The lowest BCUT2D eigenvalue weighted by Crippen LogP contribution is -2.27. The van der Waals surface area contributed by atoms with Crippen LogP contribution >= 0.6 is 23.2 Å². The number of fused-ring (bicyclic) bond motifs is 3. The van der Waals surface area contributed by atoms with Gasteiger partial charge in [0.25, 0.3) is 0 Å². The highest BCUT2D eigenvalue weighted by Crippen LogP contribution is 2.45. The fourth-order valence-corrected chi connectivity index (χ4v) is 5.22. The highest BCUT2D eigenvalue weighted by atomic mass is 35.5. The molecule has 0 spiro atoms. The second-order valence-corrected chi connectivity index (χ2v) is 9.88. The van der Waals surface area contributed by atoms with E-state index in [4.69, 9.17) is 38.4 Å². The minimum atomic E-state index is -0.673. The zero-order chi connectivity index (χ0) is 23.6. The van der Waals surface area contributed by atoms with Crippen molar-refractivity contribution >= 4 is 51.1 Å². The minimum Gasteiger partial charge on any atom is -0.382 e. The Hall–Kier alpha value is -2.78. The van der Waals surface area contributed by atoms with E-state index in [2.05, 4.69) is 30.6 Å². The molecule has 0 amide bonds. The van der Waals surface area contributed by atoms with Crippen molar-refractivity contribution in [2.45, 2.75) is 50.7 Å². The number of hydrogen-bond donors (Lipinski definition) is 1. The van der Waals surface area contributed by atoms with E-state index in [9.17, 15) is 0 Å². The van der Waals surface area contributed by atoms with E-state index in [0.717, 1.165) is 40.5 Å². The zero-order valence-corrected chi connectivity index (χ0v) is 20.1. The van der Waals surface area contributed by atoms with E-state index in [1.165, 1.54) is 11.9 Å². The Balaban J connectivity index is 1.31. The normalized spacial score (nSPS) is 23.5. The maximum absolute atomic E-state index is 6.33. The quantitative estimate of drug-likeness (QED) is 0.316. The van der Waals surface area contributed by atoms with Crippen molar-refractivity contribution in [2.24, 2.45) is 0 Å². The number of halogens is 2. The smallest absolute Gasteiger partial charge is 0.164 e. The number of nitrogens with two attached hydrogens (primary N) is 1. The number of nitrogens with zero attached hydrogens (tertiary/aromatic N) is 5. The monoisotopic (exact) mass is 496 g/mol. The summed E-state index contributed by atoms with van der Waals surface area (Å²) in [6, 6.07) is 5.61. The highest BCUT2D eigenvalue weighted by Gasteiger charge is 2.50. The molecule has 5 heterocycles. The molecule has 0 aromatic carbocycles. The third-order valence-electron chi connectivity index (χ3n) is 6.40. The summed E-state index contributed by atoms with van der Waals surface area (Å²) in [6.45, 7) is 3.89. The van der Waals surface area contributed by atoms with Crippen LogP contribution in [0.15, 0.2) is 48.6 Å². The number of aryl methyl sites for hydroxylation is 1. The lowest BCUT2D eigenvalue weighted by Gasteiger charge is -2.22. The number of ether oxygens (including phenoxy) is 2. The summed E-state index contributed by atoms with van der Waals surface area (Å²) < 4.78 is 14.7. The average molecular weight is 497 g/mol. The summed E-state index contributed by atoms with van der Waals surface area (Å²) in [5.74, 6) is -0.368. The summed E-state index contributed by atoms with van der Waals surface area (Å²) >= 11 is 12.4. The molecule has 174 valence electrons. The molecule has 3 atom stereocenters. The molecule has 0 unspecified atom stereocenters. The van der Waals surface area contributed by atoms with Gasteiger partial charge in [-0.2, -0.15) is 0 Å². The van der Waals surface area contributed by atoms with Crippen molar-refractivity contribution in [3.05, 3.63) is 64.3 Å². The topological polar surface area (TPSA) is 101 Å². The van der Waals surface area contributed by atoms with Crippen LogP contribution in [0.4, 0.5) is 5.82 Å². The number of anilines is 1. The van der Waals surface area contributed by atoms with Crippen LogP contribution in [-0.4, -0.2) is 42.5 Å². The molecule has 1 aliphatic heterocycles. The first-order valence-corrected chi connectivity index (χ1v) is 11.8. The van der Waals surface area contributed by atoms with Crippen molar-refractivity contribution in [3.63, 3.8) is 0 Å². The van der Waals surface area contributed by atoms with Crippen LogP contribution in [0.5, 0.6) is 0 Å². The summed E-state index contributed by atoms with van der Waals surface area (Å²) in [7, 11) is 0. The third kappa shape index (κ3) is 3.62. The van der Waals surface area contributed by atoms with E-state index < -0.39 is 5.79 Å². The number of pyridine rings is 2. The fourth-order valence-electron chi connectivity index (χ4n) is 4.89. The van der Waals surface area contributed by atoms with Gasteiger partial charge < -0.3 is 19.8 Å². The molecule has 1 saturated heterocycles. The van der Waals surface area contributed by atoms with Crippen LogP contribution in [0.1, 0.15) is 31.9 Å². The van der Waals surface area contributed by atoms with E-state index in [1.54, 1.807) is 6.07 Å². The highest BCUT2D eigenvalue weighted by molar-refractivity contribution is 6.34. The molecule has 4 aromatic heterocycles. The Bertz CT molecular complexity index is 1470. The van der Waals surface area contributed by atoms with Crippen LogP contribution in [0.2, 0.25) is 10.2 Å². The van der Waals surface area contributed by atoms with Gasteiger partial charge in [0.15, 0.2) is 5.79 Å². The number of nitrogen functional groups attached to an aromatic ring is 1. The van der Waals surface area contributed by atoms with Crippen LogP contribution < -0.4 is 5.73 Å². The van der Waals surface area contributed by atoms with E-state index >= 15 is 0 Å².